The molecule has 0 bridgehead atoms. The van der Waals surface area contributed by atoms with Gasteiger partial charge in [-0.05, 0) is 0 Å². The van der Waals surface area contributed by atoms with Gasteiger partial charge >= 0.3 is 0 Å². The van der Waals surface area contributed by atoms with Gasteiger partial charge in [-0.3, -0.25) is 4.79 Å². The van der Waals surface area contributed by atoms with Gasteiger partial charge in [0.15, 0.2) is 6.29 Å². The van der Waals surface area contributed by atoms with Gasteiger partial charge in [0.1, 0.15) is 5.01 Å². The van der Waals surface area contributed by atoms with Gasteiger partial charge < -0.3 is 0 Å². The van der Waals surface area contributed by atoms with Crippen LogP contribution in [-0.2, 0) is 0 Å². The quantitative estimate of drug-likeness (QED) is 0.724. The van der Waals surface area contributed by atoms with Gasteiger partial charge in [-0.1, -0.05) is 58.0 Å². The number of thiazole rings is 1. The molecule has 0 aliphatic rings. The van der Waals surface area contributed by atoms with Crippen molar-refractivity contribution in [3.8, 4) is 10.6 Å². The fourth-order valence-electron chi connectivity index (χ4n) is 1.06. The highest BCUT2D eigenvalue weighted by Crippen LogP contribution is 2.23. The number of carbonyl (C=O) groups excluding carboxylic acids is 1. The van der Waals surface area contributed by atoms with Crippen LogP contribution in [0.3, 0.4) is 0 Å². The highest BCUT2D eigenvalue weighted by Gasteiger charge is 2.01. The molecule has 2 rings (SSSR count). The number of nitrogens with zero attached hydrogens (tertiary/aromatic N) is 1. The highest BCUT2D eigenvalue weighted by molar-refractivity contribution is 7.16. The Hall–Kier alpha value is -1.48. The maximum Gasteiger partial charge on any atom is 0.161 e. The van der Waals surface area contributed by atoms with Crippen LogP contribution in [0.4, 0.5) is 0 Å². The van der Waals surface area contributed by atoms with E-state index in [2.05, 4.69) is 4.98 Å². The summed E-state index contributed by atoms with van der Waals surface area (Å²) in [6, 6.07) is 9.83. The molecule has 3 heteroatoms. The van der Waals surface area contributed by atoms with Crippen LogP contribution in [-0.4, -0.2) is 11.3 Å². The van der Waals surface area contributed by atoms with Crippen molar-refractivity contribution in [1.82, 2.24) is 4.98 Å². The average Bonchev–Trinajstić information content (AvgIpc) is 2.93. The van der Waals surface area contributed by atoms with Crippen LogP contribution in [0, 0.1) is 0 Å². The molecule has 17 heavy (non-hydrogen) atoms. The number of aromatic nitrogens is 1. The molecule has 0 aliphatic heterocycles. The van der Waals surface area contributed by atoms with Crippen LogP contribution in [0.2, 0.25) is 0 Å². The summed E-state index contributed by atoms with van der Waals surface area (Å²) in [6.45, 7) is 8.00. The van der Waals surface area contributed by atoms with E-state index in [-0.39, 0.29) is 0 Å². The average molecular weight is 249 g/mol. The molecule has 0 N–H and O–H groups in total. The molecule has 0 spiro atoms. The second kappa shape index (κ2) is 9.73. The normalized spacial score (nSPS) is 8.24. The maximum absolute atomic E-state index is 10.4. The molecule has 0 radical (unpaired) electrons. The van der Waals surface area contributed by atoms with E-state index >= 15 is 0 Å². The first kappa shape index (κ1) is 15.5. The molecule has 0 saturated heterocycles. The molecule has 0 aliphatic carbocycles. The van der Waals surface area contributed by atoms with Crippen molar-refractivity contribution < 1.29 is 4.79 Å². The van der Waals surface area contributed by atoms with E-state index in [1.807, 2.05) is 58.0 Å². The van der Waals surface area contributed by atoms with E-state index in [0.29, 0.717) is 4.88 Å². The molecule has 1 aromatic heterocycles. The maximum atomic E-state index is 10.4. The molecule has 0 saturated carbocycles. The fourth-order valence-corrected chi connectivity index (χ4v) is 1.79. The minimum absolute atomic E-state index is 0.666. The molecule has 1 heterocycles. The van der Waals surface area contributed by atoms with Crippen molar-refractivity contribution in [2.24, 2.45) is 0 Å². The number of hydrogen-bond donors (Lipinski definition) is 0. The third-order valence-corrected chi connectivity index (χ3v) is 2.63. The Morgan fingerprint density at radius 2 is 1.65 bits per heavy atom. The molecular weight excluding hydrogens is 230 g/mol. The van der Waals surface area contributed by atoms with Crippen molar-refractivity contribution in [2.75, 3.05) is 0 Å². The van der Waals surface area contributed by atoms with E-state index in [1.165, 1.54) is 11.3 Å². The molecule has 0 atom stereocenters. The van der Waals surface area contributed by atoms with Crippen LogP contribution in [0.15, 0.2) is 36.5 Å². The number of benzene rings is 1. The summed E-state index contributed by atoms with van der Waals surface area (Å²) in [5.41, 5.74) is 1.06. The molecular formula is C14H19NOS. The van der Waals surface area contributed by atoms with Crippen molar-refractivity contribution >= 4 is 17.6 Å². The SMILES string of the molecule is CC.CC.O=Cc1cnc(-c2ccccc2)s1. The lowest BCUT2D eigenvalue weighted by molar-refractivity contribution is 0.112. The molecule has 92 valence electrons. The Labute approximate surface area is 107 Å². The van der Waals surface area contributed by atoms with Gasteiger partial charge in [0, 0.05) is 11.8 Å². The van der Waals surface area contributed by atoms with Gasteiger partial charge in [-0.25, -0.2) is 4.98 Å². The van der Waals surface area contributed by atoms with Crippen LogP contribution >= 0.6 is 11.3 Å². The van der Waals surface area contributed by atoms with Crippen molar-refractivity contribution in [1.29, 1.82) is 0 Å². The summed E-state index contributed by atoms with van der Waals surface area (Å²) in [5, 5.41) is 0.891. The molecule has 2 aromatic rings. The predicted octanol–water partition coefficient (Wildman–Crippen LogP) is 4.68. The van der Waals surface area contributed by atoms with Gasteiger partial charge in [-0.15, -0.1) is 11.3 Å². The fraction of sp³-hybridized carbons (Fsp3) is 0.286. The van der Waals surface area contributed by atoms with Gasteiger partial charge in [0.25, 0.3) is 0 Å². The summed E-state index contributed by atoms with van der Waals surface area (Å²) in [5.74, 6) is 0. The predicted molar refractivity (Wildman–Crippen MR) is 75.6 cm³/mol. The summed E-state index contributed by atoms with van der Waals surface area (Å²) in [6.07, 6.45) is 2.42. The number of hydrogen-bond acceptors (Lipinski definition) is 3. The van der Waals surface area contributed by atoms with E-state index in [0.717, 1.165) is 16.9 Å². The Balaban J connectivity index is 0.000000581. The van der Waals surface area contributed by atoms with Crippen molar-refractivity contribution in [3.63, 3.8) is 0 Å². The summed E-state index contributed by atoms with van der Waals surface area (Å²) in [7, 11) is 0. The molecule has 2 nitrogen and oxygen atoms in total. The Kier molecular flexibility index (Phi) is 8.88. The molecule has 0 unspecified atom stereocenters. The lowest BCUT2D eigenvalue weighted by Gasteiger charge is -1.92. The topological polar surface area (TPSA) is 30.0 Å². The number of rotatable bonds is 2. The molecule has 0 amide bonds. The van der Waals surface area contributed by atoms with E-state index in [4.69, 9.17) is 0 Å². The van der Waals surface area contributed by atoms with Crippen LogP contribution < -0.4 is 0 Å². The van der Waals surface area contributed by atoms with Gasteiger partial charge in [0.2, 0.25) is 0 Å². The van der Waals surface area contributed by atoms with E-state index in [1.54, 1.807) is 6.20 Å². The smallest absolute Gasteiger partial charge is 0.161 e. The zero-order valence-electron chi connectivity index (χ0n) is 10.8. The van der Waals surface area contributed by atoms with Gasteiger partial charge in [0.05, 0.1) is 4.88 Å². The van der Waals surface area contributed by atoms with Crippen LogP contribution in [0.5, 0.6) is 0 Å². The third kappa shape index (κ3) is 4.91. The van der Waals surface area contributed by atoms with Crippen molar-refractivity contribution in [3.05, 3.63) is 41.4 Å². The van der Waals surface area contributed by atoms with Crippen LogP contribution in [0.25, 0.3) is 10.6 Å². The first-order chi connectivity index (χ1) is 8.40. The Morgan fingerprint density at radius 3 is 2.12 bits per heavy atom. The van der Waals surface area contributed by atoms with Crippen molar-refractivity contribution in [2.45, 2.75) is 27.7 Å². The summed E-state index contributed by atoms with van der Waals surface area (Å²) in [4.78, 5) is 15.2. The Morgan fingerprint density at radius 1 is 1.06 bits per heavy atom. The first-order valence-corrected chi connectivity index (χ1v) is 6.68. The second-order valence-corrected chi connectivity index (χ2v) is 3.61. The first-order valence-electron chi connectivity index (χ1n) is 5.86. The molecule has 0 fully saturated rings. The van der Waals surface area contributed by atoms with E-state index < -0.39 is 0 Å². The standard InChI is InChI=1S/C10H7NOS.2C2H6/c12-7-9-6-11-10(13-9)8-4-2-1-3-5-8;2*1-2/h1-7H;2*1-2H3. The summed E-state index contributed by atoms with van der Waals surface area (Å²) < 4.78 is 0. The number of carbonyl (C=O) groups is 1. The molecule has 1 aromatic carbocycles. The zero-order valence-corrected chi connectivity index (χ0v) is 11.6. The lowest BCUT2D eigenvalue weighted by Crippen LogP contribution is -1.71. The largest absolute Gasteiger partial charge is 0.297 e. The number of aldehydes is 1. The lowest BCUT2D eigenvalue weighted by atomic mass is 10.2. The minimum atomic E-state index is 0.666. The third-order valence-electron chi connectivity index (χ3n) is 1.66. The zero-order chi connectivity index (χ0) is 13.1. The van der Waals surface area contributed by atoms with E-state index in [9.17, 15) is 4.79 Å². The monoisotopic (exact) mass is 249 g/mol. The summed E-state index contributed by atoms with van der Waals surface area (Å²) >= 11 is 1.41. The van der Waals surface area contributed by atoms with Gasteiger partial charge in [-0.2, -0.15) is 0 Å². The Bertz CT molecular complexity index is 409. The van der Waals surface area contributed by atoms with Crippen LogP contribution in [0.1, 0.15) is 37.4 Å². The highest BCUT2D eigenvalue weighted by atomic mass is 32.1. The second-order valence-electron chi connectivity index (χ2n) is 2.55. The minimum Gasteiger partial charge on any atom is -0.297 e.